The number of fused-ring (bicyclic) bond motifs is 1. The summed E-state index contributed by atoms with van der Waals surface area (Å²) in [4.78, 5) is 2.34. The molecule has 19 heavy (non-hydrogen) atoms. The molecule has 1 nitrogen and oxygen atoms in total. The van der Waals surface area contributed by atoms with E-state index in [1.54, 1.807) is 0 Å². The normalized spacial score (nSPS) is 14.7. The summed E-state index contributed by atoms with van der Waals surface area (Å²) in [5, 5.41) is 0.798. The molecule has 1 heterocycles. The van der Waals surface area contributed by atoms with Crippen LogP contribution in [0.25, 0.3) is 0 Å². The molecule has 0 aliphatic carbocycles. The van der Waals surface area contributed by atoms with Crippen LogP contribution in [0.2, 0.25) is 5.02 Å². The molecule has 4 heteroatoms. The summed E-state index contributed by atoms with van der Waals surface area (Å²) >= 11 is 8.43. The molecule has 0 radical (unpaired) electrons. The SMILES string of the molecule is Fc1ccc(CN2Cc3cc(Cl)cc(I)c3C2)cc1. The Kier molecular flexibility index (Phi) is 3.78. The topological polar surface area (TPSA) is 3.24 Å². The number of benzene rings is 2. The number of halogens is 3. The molecule has 0 fully saturated rings. The average molecular weight is 388 g/mol. The highest BCUT2D eigenvalue weighted by molar-refractivity contribution is 14.1. The Labute approximate surface area is 130 Å². The first-order valence-corrected chi connectivity index (χ1v) is 7.51. The van der Waals surface area contributed by atoms with Crippen LogP contribution in [0.4, 0.5) is 4.39 Å². The number of nitrogens with zero attached hydrogens (tertiary/aromatic N) is 1. The van der Waals surface area contributed by atoms with Crippen molar-refractivity contribution in [3.8, 4) is 0 Å². The van der Waals surface area contributed by atoms with Crippen molar-refractivity contribution < 1.29 is 4.39 Å². The monoisotopic (exact) mass is 387 g/mol. The van der Waals surface area contributed by atoms with Crippen molar-refractivity contribution in [3.05, 3.63) is 67.5 Å². The molecule has 3 rings (SSSR count). The Balaban J connectivity index is 1.77. The lowest BCUT2D eigenvalue weighted by atomic mass is 10.1. The van der Waals surface area contributed by atoms with Crippen LogP contribution in [0.15, 0.2) is 36.4 Å². The summed E-state index contributed by atoms with van der Waals surface area (Å²) in [6.45, 7) is 2.67. The smallest absolute Gasteiger partial charge is 0.123 e. The predicted octanol–water partition coefficient (Wildman–Crippen LogP) is 4.60. The summed E-state index contributed by atoms with van der Waals surface area (Å²) in [5.74, 6) is -0.185. The van der Waals surface area contributed by atoms with Gasteiger partial charge in [0.2, 0.25) is 0 Å². The first kappa shape index (κ1) is 13.3. The highest BCUT2D eigenvalue weighted by Gasteiger charge is 2.21. The third-order valence-electron chi connectivity index (χ3n) is 3.35. The van der Waals surface area contributed by atoms with Gasteiger partial charge in [-0.3, -0.25) is 4.90 Å². The molecule has 0 amide bonds. The first-order chi connectivity index (χ1) is 9.11. The van der Waals surface area contributed by atoms with Gasteiger partial charge in [-0.1, -0.05) is 23.7 Å². The fourth-order valence-electron chi connectivity index (χ4n) is 2.46. The predicted molar refractivity (Wildman–Crippen MR) is 83.5 cm³/mol. The molecule has 0 spiro atoms. The van der Waals surface area contributed by atoms with E-state index in [-0.39, 0.29) is 5.82 Å². The average Bonchev–Trinajstić information content (AvgIpc) is 2.75. The van der Waals surface area contributed by atoms with Gasteiger partial charge in [-0.05, 0) is 63.5 Å². The van der Waals surface area contributed by atoms with Gasteiger partial charge in [-0.15, -0.1) is 0 Å². The zero-order valence-electron chi connectivity index (χ0n) is 10.2. The summed E-state index contributed by atoms with van der Waals surface area (Å²) < 4.78 is 14.1. The van der Waals surface area contributed by atoms with Crippen molar-refractivity contribution in [2.45, 2.75) is 19.6 Å². The molecule has 0 bridgehead atoms. The summed E-state index contributed by atoms with van der Waals surface area (Å²) in [6.07, 6.45) is 0. The molecule has 0 atom stereocenters. The number of hydrogen-bond donors (Lipinski definition) is 0. The molecule has 0 saturated heterocycles. The van der Waals surface area contributed by atoms with Crippen molar-refractivity contribution in [2.75, 3.05) is 0 Å². The Morgan fingerprint density at radius 1 is 1.16 bits per heavy atom. The minimum absolute atomic E-state index is 0.185. The van der Waals surface area contributed by atoms with Crippen molar-refractivity contribution in [1.82, 2.24) is 4.90 Å². The van der Waals surface area contributed by atoms with Crippen molar-refractivity contribution >= 4 is 34.2 Å². The van der Waals surface area contributed by atoms with Gasteiger partial charge in [0.1, 0.15) is 5.82 Å². The van der Waals surface area contributed by atoms with Gasteiger partial charge in [0.25, 0.3) is 0 Å². The van der Waals surface area contributed by atoms with Gasteiger partial charge >= 0.3 is 0 Å². The minimum atomic E-state index is -0.185. The largest absolute Gasteiger partial charge is 0.291 e. The number of hydrogen-bond acceptors (Lipinski definition) is 1. The quantitative estimate of drug-likeness (QED) is 0.681. The van der Waals surface area contributed by atoms with Crippen LogP contribution in [0, 0.1) is 9.39 Å². The molecule has 1 aliphatic rings. The molecule has 2 aromatic rings. The molecule has 98 valence electrons. The lowest BCUT2D eigenvalue weighted by Crippen LogP contribution is -2.15. The van der Waals surface area contributed by atoms with Crippen LogP contribution in [0.3, 0.4) is 0 Å². The Hall–Kier alpha value is -0.650. The molecule has 0 aromatic heterocycles. The maximum Gasteiger partial charge on any atom is 0.123 e. The van der Waals surface area contributed by atoms with Crippen LogP contribution < -0.4 is 0 Å². The Morgan fingerprint density at radius 2 is 1.89 bits per heavy atom. The molecule has 0 N–H and O–H groups in total. The van der Waals surface area contributed by atoms with E-state index in [2.05, 4.69) is 27.5 Å². The second-order valence-corrected chi connectivity index (χ2v) is 6.40. The van der Waals surface area contributed by atoms with Crippen molar-refractivity contribution in [1.29, 1.82) is 0 Å². The molecule has 0 unspecified atom stereocenters. The van der Waals surface area contributed by atoms with Crippen LogP contribution >= 0.6 is 34.2 Å². The fraction of sp³-hybridized carbons (Fsp3) is 0.200. The van der Waals surface area contributed by atoms with E-state index in [4.69, 9.17) is 11.6 Å². The maximum atomic E-state index is 12.9. The van der Waals surface area contributed by atoms with Crippen molar-refractivity contribution in [3.63, 3.8) is 0 Å². The van der Waals surface area contributed by atoms with E-state index in [1.807, 2.05) is 24.3 Å². The van der Waals surface area contributed by atoms with Crippen LogP contribution in [-0.2, 0) is 19.6 Å². The highest BCUT2D eigenvalue weighted by Crippen LogP contribution is 2.31. The highest BCUT2D eigenvalue weighted by atomic mass is 127. The van der Waals surface area contributed by atoms with Gasteiger partial charge < -0.3 is 0 Å². The third kappa shape index (κ3) is 2.93. The van der Waals surface area contributed by atoms with Gasteiger partial charge in [0.05, 0.1) is 0 Å². The lowest BCUT2D eigenvalue weighted by molar-refractivity contribution is 0.275. The number of rotatable bonds is 2. The molecule has 1 aliphatic heterocycles. The second-order valence-electron chi connectivity index (χ2n) is 4.80. The minimum Gasteiger partial charge on any atom is -0.291 e. The van der Waals surface area contributed by atoms with Gasteiger partial charge in [-0.2, -0.15) is 0 Å². The van der Waals surface area contributed by atoms with E-state index < -0.39 is 0 Å². The van der Waals surface area contributed by atoms with Gasteiger partial charge in [0, 0.05) is 28.2 Å². The molecule has 0 saturated carbocycles. The summed E-state index contributed by atoms with van der Waals surface area (Å²) in [5.41, 5.74) is 3.81. The zero-order chi connectivity index (χ0) is 13.4. The summed E-state index contributed by atoms with van der Waals surface area (Å²) in [7, 11) is 0. The standard InChI is InChI=1S/C15H12ClFIN/c16-12-5-11-8-19(9-14(11)15(18)6-12)7-10-1-3-13(17)4-2-10/h1-6H,7-9H2. The summed E-state index contributed by atoms with van der Waals surface area (Å²) in [6, 6.07) is 10.8. The van der Waals surface area contributed by atoms with Crippen LogP contribution in [0.1, 0.15) is 16.7 Å². The first-order valence-electron chi connectivity index (χ1n) is 6.05. The van der Waals surface area contributed by atoms with E-state index in [9.17, 15) is 4.39 Å². The molecular weight excluding hydrogens is 376 g/mol. The van der Waals surface area contributed by atoms with Gasteiger partial charge in [0.15, 0.2) is 0 Å². The van der Waals surface area contributed by atoms with E-state index in [0.717, 1.165) is 30.2 Å². The lowest BCUT2D eigenvalue weighted by Gasteiger charge is -2.14. The van der Waals surface area contributed by atoms with Crippen LogP contribution in [-0.4, -0.2) is 4.90 Å². The van der Waals surface area contributed by atoms with Crippen LogP contribution in [0.5, 0.6) is 0 Å². The Bertz CT molecular complexity index is 612. The fourth-order valence-corrected chi connectivity index (χ4v) is 3.73. The van der Waals surface area contributed by atoms with Crippen molar-refractivity contribution in [2.24, 2.45) is 0 Å². The Morgan fingerprint density at radius 3 is 2.63 bits per heavy atom. The van der Waals surface area contributed by atoms with E-state index in [0.29, 0.717) is 0 Å². The van der Waals surface area contributed by atoms with Gasteiger partial charge in [-0.25, -0.2) is 4.39 Å². The maximum absolute atomic E-state index is 12.9. The third-order valence-corrected chi connectivity index (χ3v) is 4.53. The van der Waals surface area contributed by atoms with E-state index >= 15 is 0 Å². The zero-order valence-corrected chi connectivity index (χ0v) is 13.1. The molecular formula is C15H12ClFIN. The van der Waals surface area contributed by atoms with E-state index in [1.165, 1.54) is 26.8 Å². The molecule has 2 aromatic carbocycles. The second kappa shape index (κ2) is 5.38.